The standard InChI is InChI=1S/C20H16Br2N2O3/c1-13-7-8-18(27-13)20(25)24-23-11-15-9-16(21)10-17(22)19(15)26-12-14-5-3-2-4-6-14/h2-11H,12H2,1H3,(H,24,25)/b23-11+. The molecule has 2 aromatic carbocycles. The Hall–Kier alpha value is -2.38. The van der Waals surface area contributed by atoms with Crippen LogP contribution in [0.2, 0.25) is 0 Å². The average molecular weight is 492 g/mol. The van der Waals surface area contributed by atoms with Gasteiger partial charge in [-0.3, -0.25) is 4.79 Å². The minimum atomic E-state index is -0.417. The third kappa shape index (κ3) is 5.30. The lowest BCUT2D eigenvalue weighted by atomic mass is 10.2. The van der Waals surface area contributed by atoms with Crippen molar-refractivity contribution in [3.8, 4) is 5.75 Å². The minimum Gasteiger partial charge on any atom is -0.487 e. The number of aryl methyl sites for hydroxylation is 1. The predicted octanol–water partition coefficient (Wildman–Crippen LogP) is 5.46. The molecule has 3 rings (SSSR count). The summed E-state index contributed by atoms with van der Waals surface area (Å²) in [5.74, 6) is 1.09. The molecule has 0 spiro atoms. The molecule has 0 aliphatic heterocycles. The zero-order chi connectivity index (χ0) is 19.2. The zero-order valence-electron chi connectivity index (χ0n) is 14.4. The van der Waals surface area contributed by atoms with Crippen molar-refractivity contribution in [2.75, 3.05) is 0 Å². The molecular weight excluding hydrogens is 476 g/mol. The lowest BCUT2D eigenvalue weighted by Crippen LogP contribution is -2.16. The monoisotopic (exact) mass is 490 g/mol. The smallest absolute Gasteiger partial charge is 0.307 e. The number of hydrogen-bond donors (Lipinski definition) is 1. The van der Waals surface area contributed by atoms with Gasteiger partial charge >= 0.3 is 5.91 Å². The number of ether oxygens (including phenoxy) is 1. The van der Waals surface area contributed by atoms with E-state index in [0.717, 1.165) is 14.5 Å². The number of rotatable bonds is 6. The Kier molecular flexibility index (Phi) is 6.47. The minimum absolute atomic E-state index is 0.209. The molecule has 1 amide bonds. The molecule has 27 heavy (non-hydrogen) atoms. The molecule has 0 saturated carbocycles. The summed E-state index contributed by atoms with van der Waals surface area (Å²) in [5, 5.41) is 4.02. The summed E-state index contributed by atoms with van der Waals surface area (Å²) in [7, 11) is 0. The van der Waals surface area contributed by atoms with Gasteiger partial charge in [0, 0.05) is 10.0 Å². The number of amides is 1. The highest BCUT2D eigenvalue weighted by Gasteiger charge is 2.11. The number of hydrogen-bond acceptors (Lipinski definition) is 4. The Morgan fingerprint density at radius 1 is 1.19 bits per heavy atom. The van der Waals surface area contributed by atoms with Crippen LogP contribution in [-0.4, -0.2) is 12.1 Å². The van der Waals surface area contributed by atoms with Gasteiger partial charge in [0.1, 0.15) is 18.1 Å². The molecule has 0 aliphatic rings. The molecule has 1 aromatic heterocycles. The topological polar surface area (TPSA) is 63.8 Å². The molecule has 0 atom stereocenters. The quantitative estimate of drug-likeness (QED) is 0.368. The van der Waals surface area contributed by atoms with E-state index in [0.29, 0.717) is 23.7 Å². The van der Waals surface area contributed by atoms with Crippen LogP contribution in [-0.2, 0) is 6.61 Å². The second-order valence-corrected chi connectivity index (χ2v) is 7.46. The van der Waals surface area contributed by atoms with Crippen molar-refractivity contribution in [3.05, 3.63) is 86.2 Å². The Morgan fingerprint density at radius 2 is 1.96 bits per heavy atom. The summed E-state index contributed by atoms with van der Waals surface area (Å²) in [5.41, 5.74) is 4.22. The Morgan fingerprint density at radius 3 is 2.67 bits per heavy atom. The molecule has 0 bridgehead atoms. The largest absolute Gasteiger partial charge is 0.487 e. The molecule has 0 unspecified atom stereocenters. The maximum atomic E-state index is 12.0. The van der Waals surface area contributed by atoms with E-state index >= 15 is 0 Å². The fourth-order valence-corrected chi connectivity index (χ4v) is 3.70. The van der Waals surface area contributed by atoms with Gasteiger partial charge in [-0.25, -0.2) is 5.43 Å². The van der Waals surface area contributed by atoms with Crippen LogP contribution >= 0.6 is 31.9 Å². The van der Waals surface area contributed by atoms with Crippen LogP contribution in [0.5, 0.6) is 5.75 Å². The van der Waals surface area contributed by atoms with Crippen molar-refractivity contribution in [2.24, 2.45) is 5.10 Å². The average Bonchev–Trinajstić information content (AvgIpc) is 3.08. The van der Waals surface area contributed by atoms with E-state index in [-0.39, 0.29) is 5.76 Å². The molecule has 3 aromatic rings. The number of furan rings is 1. The number of halogens is 2. The van der Waals surface area contributed by atoms with Gasteiger partial charge < -0.3 is 9.15 Å². The highest BCUT2D eigenvalue weighted by Crippen LogP contribution is 2.32. The zero-order valence-corrected chi connectivity index (χ0v) is 17.6. The Labute approximate surface area is 173 Å². The number of hydrazone groups is 1. The van der Waals surface area contributed by atoms with Gasteiger partial charge in [-0.2, -0.15) is 5.10 Å². The van der Waals surface area contributed by atoms with E-state index in [1.807, 2.05) is 42.5 Å². The fourth-order valence-electron chi connectivity index (χ4n) is 2.33. The lowest BCUT2D eigenvalue weighted by molar-refractivity contribution is 0.0926. The van der Waals surface area contributed by atoms with Gasteiger partial charge in [0.15, 0.2) is 5.76 Å². The Bertz CT molecular complexity index is 969. The van der Waals surface area contributed by atoms with Crippen LogP contribution < -0.4 is 10.2 Å². The predicted molar refractivity (Wildman–Crippen MR) is 111 cm³/mol. The van der Waals surface area contributed by atoms with Crippen molar-refractivity contribution in [1.29, 1.82) is 0 Å². The maximum Gasteiger partial charge on any atom is 0.307 e. The molecule has 138 valence electrons. The molecular formula is C20H16Br2N2O3. The highest BCUT2D eigenvalue weighted by molar-refractivity contribution is 9.11. The molecule has 5 nitrogen and oxygen atoms in total. The molecule has 7 heteroatoms. The molecule has 1 N–H and O–H groups in total. The van der Waals surface area contributed by atoms with Gasteiger partial charge in [0.05, 0.1) is 10.7 Å². The van der Waals surface area contributed by atoms with E-state index in [4.69, 9.17) is 9.15 Å². The lowest BCUT2D eigenvalue weighted by Gasteiger charge is -2.12. The van der Waals surface area contributed by atoms with Gasteiger partial charge in [0.2, 0.25) is 0 Å². The third-order valence-corrected chi connectivity index (χ3v) is 4.64. The highest BCUT2D eigenvalue weighted by atomic mass is 79.9. The molecule has 0 fully saturated rings. The second-order valence-electron chi connectivity index (χ2n) is 5.69. The summed E-state index contributed by atoms with van der Waals surface area (Å²) in [6, 6.07) is 16.9. The first kappa shape index (κ1) is 19.4. The number of benzene rings is 2. The van der Waals surface area contributed by atoms with Crippen LogP contribution in [0, 0.1) is 6.92 Å². The van der Waals surface area contributed by atoms with Crippen molar-refractivity contribution in [3.63, 3.8) is 0 Å². The van der Waals surface area contributed by atoms with Crippen molar-refractivity contribution < 1.29 is 13.9 Å². The SMILES string of the molecule is Cc1ccc(C(=O)N/N=C/c2cc(Br)cc(Br)c2OCc2ccccc2)o1. The first-order chi connectivity index (χ1) is 13.0. The summed E-state index contributed by atoms with van der Waals surface area (Å²) in [4.78, 5) is 12.0. The van der Waals surface area contributed by atoms with Crippen LogP contribution in [0.3, 0.4) is 0 Å². The number of nitrogens with zero attached hydrogens (tertiary/aromatic N) is 1. The first-order valence-corrected chi connectivity index (χ1v) is 9.67. The summed E-state index contributed by atoms with van der Waals surface area (Å²) >= 11 is 6.97. The van der Waals surface area contributed by atoms with Gasteiger partial charge in [0.25, 0.3) is 0 Å². The second kappa shape index (κ2) is 9.01. The van der Waals surface area contributed by atoms with Crippen LogP contribution in [0.1, 0.15) is 27.4 Å². The van der Waals surface area contributed by atoms with Crippen LogP contribution in [0.15, 0.2) is 73.1 Å². The van der Waals surface area contributed by atoms with Gasteiger partial charge in [-0.15, -0.1) is 0 Å². The van der Waals surface area contributed by atoms with Gasteiger partial charge in [-0.05, 0) is 52.7 Å². The van der Waals surface area contributed by atoms with Crippen molar-refractivity contribution in [2.45, 2.75) is 13.5 Å². The fraction of sp³-hybridized carbons (Fsp3) is 0.100. The molecule has 1 heterocycles. The summed E-state index contributed by atoms with van der Waals surface area (Å²) in [6.07, 6.45) is 1.53. The summed E-state index contributed by atoms with van der Waals surface area (Å²) < 4.78 is 12.9. The Balaban J connectivity index is 1.74. The molecule has 0 saturated heterocycles. The van der Waals surface area contributed by atoms with Crippen LogP contribution in [0.4, 0.5) is 0 Å². The summed E-state index contributed by atoms with van der Waals surface area (Å²) in [6.45, 7) is 2.19. The van der Waals surface area contributed by atoms with E-state index in [1.165, 1.54) is 6.21 Å². The number of carbonyl (C=O) groups is 1. The van der Waals surface area contributed by atoms with Crippen molar-refractivity contribution >= 4 is 44.0 Å². The molecule has 0 aliphatic carbocycles. The number of nitrogens with one attached hydrogen (secondary N) is 1. The van der Waals surface area contributed by atoms with E-state index in [2.05, 4.69) is 42.4 Å². The van der Waals surface area contributed by atoms with E-state index in [1.54, 1.807) is 19.1 Å². The first-order valence-electron chi connectivity index (χ1n) is 8.08. The third-order valence-electron chi connectivity index (χ3n) is 3.60. The van der Waals surface area contributed by atoms with E-state index in [9.17, 15) is 4.79 Å². The normalized spacial score (nSPS) is 10.9. The van der Waals surface area contributed by atoms with Crippen LogP contribution in [0.25, 0.3) is 0 Å². The van der Waals surface area contributed by atoms with Crippen molar-refractivity contribution in [1.82, 2.24) is 5.43 Å². The number of carbonyl (C=O) groups excluding carboxylic acids is 1. The van der Waals surface area contributed by atoms with Gasteiger partial charge in [-0.1, -0.05) is 46.3 Å². The van der Waals surface area contributed by atoms with E-state index < -0.39 is 5.91 Å². The maximum absolute atomic E-state index is 12.0. The molecule has 0 radical (unpaired) electrons.